The van der Waals surface area contributed by atoms with Gasteiger partial charge in [0.2, 0.25) is 0 Å². The van der Waals surface area contributed by atoms with Crippen LogP contribution < -0.4 is 5.32 Å². The molecule has 0 heterocycles. The Kier molecular flexibility index (Phi) is 5.59. The van der Waals surface area contributed by atoms with Crippen molar-refractivity contribution in [3.05, 3.63) is 0 Å². The van der Waals surface area contributed by atoms with Gasteiger partial charge < -0.3 is 10.1 Å². The minimum Gasteiger partial charge on any atom is -0.368 e. The zero-order chi connectivity index (χ0) is 12.1. The van der Waals surface area contributed by atoms with Crippen molar-refractivity contribution in [3.8, 4) is 0 Å². The van der Waals surface area contributed by atoms with Crippen LogP contribution in [0, 0.1) is 5.41 Å². The van der Waals surface area contributed by atoms with Crippen LogP contribution in [-0.4, -0.2) is 32.0 Å². The van der Waals surface area contributed by atoms with Gasteiger partial charge in [0.05, 0.1) is 6.61 Å². The Morgan fingerprint density at radius 1 is 1.27 bits per heavy atom. The molecule has 1 unspecified atom stereocenters. The van der Waals surface area contributed by atoms with Crippen LogP contribution in [0.2, 0.25) is 0 Å². The highest BCUT2D eigenvalue weighted by molar-refractivity contribution is 4.72. The molecule has 1 N–H and O–H groups in total. The van der Waals surface area contributed by atoms with Crippen LogP contribution in [-0.2, 0) is 4.74 Å². The molecule has 15 heavy (non-hydrogen) atoms. The quantitative estimate of drug-likeness (QED) is 0.753. The van der Waals surface area contributed by atoms with Gasteiger partial charge in [0, 0.05) is 12.0 Å². The average molecular weight is 227 g/mol. The number of hydrogen-bond acceptors (Lipinski definition) is 2. The molecule has 0 aliphatic heterocycles. The van der Waals surface area contributed by atoms with Gasteiger partial charge in [0.1, 0.15) is 0 Å². The lowest BCUT2D eigenvalue weighted by molar-refractivity contribution is -0.219. The van der Waals surface area contributed by atoms with Gasteiger partial charge in [-0.1, -0.05) is 20.8 Å². The molecule has 0 aliphatic rings. The Morgan fingerprint density at radius 2 is 1.80 bits per heavy atom. The van der Waals surface area contributed by atoms with E-state index in [1.54, 1.807) is 0 Å². The highest BCUT2D eigenvalue weighted by Gasteiger charge is 2.37. The monoisotopic (exact) mass is 227 g/mol. The maximum Gasteiger partial charge on any atom is 0.414 e. The summed E-state index contributed by atoms with van der Waals surface area (Å²) in [6, 6.07) is 0. The van der Waals surface area contributed by atoms with Crippen molar-refractivity contribution in [1.29, 1.82) is 0 Å². The number of ether oxygens (including phenoxy) is 1. The van der Waals surface area contributed by atoms with E-state index in [1.807, 2.05) is 20.8 Å². The Morgan fingerprint density at radius 3 is 2.20 bits per heavy atom. The first kappa shape index (κ1) is 14.7. The van der Waals surface area contributed by atoms with E-state index >= 15 is 0 Å². The SMILES string of the molecule is CCNCC(C)(C)COC(C)C(F)(F)F. The number of nitrogens with one attached hydrogen (secondary N) is 1. The third-order valence-corrected chi connectivity index (χ3v) is 2.04. The first-order chi connectivity index (χ1) is 6.69. The molecule has 2 nitrogen and oxygen atoms in total. The van der Waals surface area contributed by atoms with Crippen molar-refractivity contribution in [2.24, 2.45) is 5.41 Å². The van der Waals surface area contributed by atoms with Gasteiger partial charge in [-0.05, 0) is 13.5 Å². The molecule has 0 fully saturated rings. The fourth-order valence-electron chi connectivity index (χ4n) is 0.960. The number of halogens is 3. The lowest BCUT2D eigenvalue weighted by Gasteiger charge is -2.27. The van der Waals surface area contributed by atoms with Gasteiger partial charge in [-0.2, -0.15) is 13.2 Å². The molecular weight excluding hydrogens is 207 g/mol. The van der Waals surface area contributed by atoms with Crippen LogP contribution in [0.1, 0.15) is 27.7 Å². The molecule has 0 aromatic rings. The fraction of sp³-hybridized carbons (Fsp3) is 1.00. The Bertz CT molecular complexity index is 180. The molecule has 0 bridgehead atoms. The standard InChI is InChI=1S/C10H20F3NO/c1-5-14-6-9(3,4)7-15-8(2)10(11,12)13/h8,14H,5-7H2,1-4H3. The molecule has 0 aliphatic carbocycles. The summed E-state index contributed by atoms with van der Waals surface area (Å²) in [4.78, 5) is 0. The summed E-state index contributed by atoms with van der Waals surface area (Å²) in [5.41, 5.74) is -0.282. The van der Waals surface area contributed by atoms with E-state index in [1.165, 1.54) is 0 Å². The van der Waals surface area contributed by atoms with Crippen molar-refractivity contribution >= 4 is 0 Å². The zero-order valence-corrected chi connectivity index (χ0v) is 9.74. The second kappa shape index (κ2) is 5.70. The van der Waals surface area contributed by atoms with Crippen molar-refractivity contribution < 1.29 is 17.9 Å². The van der Waals surface area contributed by atoms with Gasteiger partial charge in [-0.3, -0.25) is 0 Å². The van der Waals surface area contributed by atoms with Gasteiger partial charge >= 0.3 is 6.18 Å². The molecule has 92 valence electrons. The Balaban J connectivity index is 3.92. The van der Waals surface area contributed by atoms with Gasteiger partial charge in [0.25, 0.3) is 0 Å². The number of rotatable bonds is 6. The van der Waals surface area contributed by atoms with Gasteiger partial charge in [0.15, 0.2) is 6.10 Å². The normalized spacial score (nSPS) is 15.4. The minimum atomic E-state index is -4.27. The van der Waals surface area contributed by atoms with E-state index < -0.39 is 12.3 Å². The second-order valence-corrected chi connectivity index (χ2v) is 4.44. The highest BCUT2D eigenvalue weighted by Crippen LogP contribution is 2.24. The van der Waals surface area contributed by atoms with Gasteiger partial charge in [-0.15, -0.1) is 0 Å². The zero-order valence-electron chi connectivity index (χ0n) is 9.74. The van der Waals surface area contributed by atoms with E-state index in [2.05, 4.69) is 5.32 Å². The van der Waals surface area contributed by atoms with E-state index in [0.29, 0.717) is 6.54 Å². The average Bonchev–Trinajstić information content (AvgIpc) is 2.09. The topological polar surface area (TPSA) is 21.3 Å². The first-order valence-electron chi connectivity index (χ1n) is 5.08. The molecule has 0 rings (SSSR count). The molecule has 0 radical (unpaired) electrons. The molecular formula is C10H20F3NO. The summed E-state index contributed by atoms with van der Waals surface area (Å²) in [6.07, 6.45) is -5.97. The van der Waals surface area contributed by atoms with Crippen molar-refractivity contribution in [1.82, 2.24) is 5.32 Å². The summed E-state index contributed by atoms with van der Waals surface area (Å²) in [7, 11) is 0. The third kappa shape index (κ3) is 6.73. The molecule has 0 saturated carbocycles. The lowest BCUT2D eigenvalue weighted by Crippen LogP contribution is -2.37. The predicted molar refractivity (Wildman–Crippen MR) is 53.8 cm³/mol. The van der Waals surface area contributed by atoms with Crippen molar-refractivity contribution in [2.45, 2.75) is 40.0 Å². The molecule has 0 saturated heterocycles. The van der Waals surface area contributed by atoms with Crippen LogP contribution in [0.25, 0.3) is 0 Å². The summed E-state index contributed by atoms with van der Waals surface area (Å²) in [5, 5.41) is 3.09. The van der Waals surface area contributed by atoms with Crippen LogP contribution in [0.5, 0.6) is 0 Å². The molecule has 0 aromatic carbocycles. The fourth-order valence-corrected chi connectivity index (χ4v) is 0.960. The largest absolute Gasteiger partial charge is 0.414 e. The van der Waals surface area contributed by atoms with Crippen molar-refractivity contribution in [2.75, 3.05) is 19.7 Å². The smallest absolute Gasteiger partial charge is 0.368 e. The maximum absolute atomic E-state index is 12.1. The van der Waals surface area contributed by atoms with E-state index in [0.717, 1.165) is 13.5 Å². The second-order valence-electron chi connectivity index (χ2n) is 4.44. The summed E-state index contributed by atoms with van der Waals surface area (Å²) >= 11 is 0. The Labute approximate surface area is 89.2 Å². The van der Waals surface area contributed by atoms with Crippen LogP contribution in [0.15, 0.2) is 0 Å². The summed E-state index contributed by atoms with van der Waals surface area (Å²) < 4.78 is 41.2. The highest BCUT2D eigenvalue weighted by atomic mass is 19.4. The van der Waals surface area contributed by atoms with Gasteiger partial charge in [-0.25, -0.2) is 0 Å². The van der Waals surface area contributed by atoms with E-state index in [4.69, 9.17) is 4.74 Å². The van der Waals surface area contributed by atoms with Crippen LogP contribution in [0.3, 0.4) is 0 Å². The number of alkyl halides is 3. The van der Waals surface area contributed by atoms with E-state index in [-0.39, 0.29) is 12.0 Å². The Hall–Kier alpha value is -0.290. The molecule has 0 aromatic heterocycles. The van der Waals surface area contributed by atoms with Crippen molar-refractivity contribution in [3.63, 3.8) is 0 Å². The lowest BCUT2D eigenvalue weighted by atomic mass is 9.95. The molecule has 0 amide bonds. The summed E-state index contributed by atoms with van der Waals surface area (Å²) in [5.74, 6) is 0. The summed E-state index contributed by atoms with van der Waals surface area (Å²) in [6.45, 7) is 8.28. The number of hydrogen-bond donors (Lipinski definition) is 1. The van der Waals surface area contributed by atoms with E-state index in [9.17, 15) is 13.2 Å². The molecule has 1 atom stereocenters. The predicted octanol–water partition coefficient (Wildman–Crippen LogP) is 2.59. The third-order valence-electron chi connectivity index (χ3n) is 2.04. The first-order valence-corrected chi connectivity index (χ1v) is 5.08. The van der Waals surface area contributed by atoms with Crippen LogP contribution in [0.4, 0.5) is 13.2 Å². The molecule has 0 spiro atoms. The maximum atomic E-state index is 12.1. The van der Waals surface area contributed by atoms with Crippen LogP contribution >= 0.6 is 0 Å². The minimum absolute atomic E-state index is 0.0979. The molecule has 5 heteroatoms.